The van der Waals surface area contributed by atoms with E-state index in [-0.39, 0.29) is 15.6 Å². The van der Waals surface area contributed by atoms with E-state index < -0.39 is 15.8 Å². The number of sulfonamides is 1. The molecule has 7 heteroatoms. The van der Waals surface area contributed by atoms with E-state index in [1.54, 1.807) is 0 Å². The van der Waals surface area contributed by atoms with Crippen LogP contribution in [0.5, 0.6) is 0 Å². The van der Waals surface area contributed by atoms with Crippen LogP contribution in [0.3, 0.4) is 0 Å². The van der Waals surface area contributed by atoms with Crippen LogP contribution in [0, 0.1) is 5.82 Å². The van der Waals surface area contributed by atoms with Crippen molar-refractivity contribution in [3.8, 4) is 0 Å². The normalized spacial score (nSPS) is 11.3. The van der Waals surface area contributed by atoms with Crippen molar-refractivity contribution >= 4 is 33.0 Å². The summed E-state index contributed by atoms with van der Waals surface area (Å²) in [7, 11) is -2.49. The Labute approximate surface area is 121 Å². The van der Waals surface area contributed by atoms with E-state index in [9.17, 15) is 12.8 Å². The molecule has 0 aromatic heterocycles. The first kappa shape index (κ1) is 14.6. The van der Waals surface area contributed by atoms with E-state index in [0.717, 1.165) is 4.31 Å². The van der Waals surface area contributed by atoms with Crippen molar-refractivity contribution in [2.45, 2.75) is 4.90 Å². The molecule has 0 fully saturated rings. The number of hydrogen-bond acceptors (Lipinski definition) is 3. The van der Waals surface area contributed by atoms with Gasteiger partial charge in [0.1, 0.15) is 10.7 Å². The molecule has 4 nitrogen and oxygen atoms in total. The molecule has 0 heterocycles. The SMILES string of the molecule is CN(c1ccc(F)cc1)S(=O)(=O)c1cc(Cl)ccc1N. The molecule has 2 aromatic carbocycles. The first-order chi connectivity index (χ1) is 9.32. The first-order valence-corrected chi connectivity index (χ1v) is 7.43. The average Bonchev–Trinajstić information content (AvgIpc) is 2.41. The molecule has 2 N–H and O–H groups in total. The molecule has 0 bridgehead atoms. The predicted octanol–water partition coefficient (Wildman–Crippen LogP) is 2.89. The molecule has 2 rings (SSSR count). The van der Waals surface area contributed by atoms with Crippen molar-refractivity contribution < 1.29 is 12.8 Å². The highest BCUT2D eigenvalue weighted by molar-refractivity contribution is 7.93. The fraction of sp³-hybridized carbons (Fsp3) is 0.0769. The number of benzene rings is 2. The lowest BCUT2D eigenvalue weighted by Gasteiger charge is -2.20. The van der Waals surface area contributed by atoms with Crippen molar-refractivity contribution in [1.82, 2.24) is 0 Å². The van der Waals surface area contributed by atoms with Crippen molar-refractivity contribution in [2.24, 2.45) is 0 Å². The topological polar surface area (TPSA) is 63.4 Å². The number of halogens is 2. The molecule has 0 radical (unpaired) electrons. The molecule has 0 unspecified atom stereocenters. The van der Waals surface area contributed by atoms with Gasteiger partial charge < -0.3 is 5.73 Å². The smallest absolute Gasteiger partial charge is 0.266 e. The van der Waals surface area contributed by atoms with Gasteiger partial charge in [0, 0.05) is 12.1 Å². The minimum Gasteiger partial charge on any atom is -0.398 e. The molecule has 0 aliphatic rings. The number of anilines is 2. The largest absolute Gasteiger partial charge is 0.398 e. The van der Waals surface area contributed by atoms with Crippen molar-refractivity contribution in [1.29, 1.82) is 0 Å². The molecule has 20 heavy (non-hydrogen) atoms. The van der Waals surface area contributed by atoms with Gasteiger partial charge in [-0.1, -0.05) is 11.6 Å². The third-order valence-electron chi connectivity index (χ3n) is 2.80. The van der Waals surface area contributed by atoms with E-state index in [0.29, 0.717) is 5.69 Å². The number of nitrogens with two attached hydrogens (primary N) is 1. The Hall–Kier alpha value is -1.79. The van der Waals surface area contributed by atoms with Crippen LogP contribution in [0.2, 0.25) is 5.02 Å². The zero-order valence-corrected chi connectivity index (χ0v) is 12.1. The number of nitrogens with zero attached hydrogens (tertiary/aromatic N) is 1. The fourth-order valence-electron chi connectivity index (χ4n) is 1.67. The van der Waals surface area contributed by atoms with E-state index in [1.165, 1.54) is 49.5 Å². The van der Waals surface area contributed by atoms with Gasteiger partial charge in [-0.25, -0.2) is 12.8 Å². The quantitative estimate of drug-likeness (QED) is 0.886. The van der Waals surface area contributed by atoms with Gasteiger partial charge in [-0.3, -0.25) is 4.31 Å². The molecular formula is C13H12ClFN2O2S. The molecule has 0 aliphatic heterocycles. The fourth-order valence-corrected chi connectivity index (χ4v) is 3.24. The van der Waals surface area contributed by atoms with Gasteiger partial charge in [-0.05, 0) is 42.5 Å². The van der Waals surface area contributed by atoms with Crippen LogP contribution in [0.25, 0.3) is 0 Å². The Morgan fingerprint density at radius 3 is 2.35 bits per heavy atom. The summed E-state index contributed by atoms with van der Waals surface area (Å²) in [6.07, 6.45) is 0. The molecule has 106 valence electrons. The number of rotatable bonds is 3. The van der Waals surface area contributed by atoms with Gasteiger partial charge >= 0.3 is 0 Å². The minimum atomic E-state index is -3.86. The number of hydrogen-bond donors (Lipinski definition) is 1. The minimum absolute atomic E-state index is 0.0863. The van der Waals surface area contributed by atoms with E-state index in [2.05, 4.69) is 0 Å². The molecular weight excluding hydrogens is 303 g/mol. The Balaban J connectivity index is 2.49. The standard InChI is InChI=1S/C13H12ClFN2O2S/c1-17(11-5-3-10(15)4-6-11)20(18,19)13-8-9(14)2-7-12(13)16/h2-8H,16H2,1H3. The summed E-state index contributed by atoms with van der Waals surface area (Å²) in [6, 6.07) is 9.32. The molecule has 0 spiro atoms. The average molecular weight is 315 g/mol. The molecule has 0 saturated carbocycles. The van der Waals surface area contributed by atoms with Crippen LogP contribution in [0.1, 0.15) is 0 Å². The summed E-state index contributed by atoms with van der Waals surface area (Å²) in [5.74, 6) is -0.443. The summed E-state index contributed by atoms with van der Waals surface area (Å²) in [5.41, 5.74) is 6.12. The van der Waals surface area contributed by atoms with Gasteiger partial charge in [0.05, 0.1) is 11.4 Å². The Morgan fingerprint density at radius 2 is 1.75 bits per heavy atom. The second-order valence-electron chi connectivity index (χ2n) is 4.13. The summed E-state index contributed by atoms with van der Waals surface area (Å²) < 4.78 is 38.9. The molecule has 2 aromatic rings. The van der Waals surface area contributed by atoms with E-state index >= 15 is 0 Å². The van der Waals surface area contributed by atoms with Crippen LogP contribution in [0.15, 0.2) is 47.4 Å². The Bertz CT molecular complexity index is 733. The number of nitrogen functional groups attached to an aromatic ring is 1. The highest BCUT2D eigenvalue weighted by Gasteiger charge is 2.24. The lowest BCUT2D eigenvalue weighted by atomic mass is 10.3. The second kappa shape index (κ2) is 5.30. The maximum absolute atomic E-state index is 12.9. The monoisotopic (exact) mass is 314 g/mol. The van der Waals surface area contributed by atoms with Gasteiger partial charge in [0.25, 0.3) is 10.0 Å². The summed E-state index contributed by atoms with van der Waals surface area (Å²) in [5, 5.41) is 0.269. The second-order valence-corrected chi connectivity index (χ2v) is 6.51. The zero-order valence-electron chi connectivity index (χ0n) is 10.5. The summed E-state index contributed by atoms with van der Waals surface area (Å²) in [6.45, 7) is 0. The highest BCUT2D eigenvalue weighted by Crippen LogP contribution is 2.28. The van der Waals surface area contributed by atoms with Gasteiger partial charge in [0.2, 0.25) is 0 Å². The van der Waals surface area contributed by atoms with Crippen LogP contribution in [0.4, 0.5) is 15.8 Å². The first-order valence-electron chi connectivity index (χ1n) is 5.62. The van der Waals surface area contributed by atoms with E-state index in [1.807, 2.05) is 0 Å². The lowest BCUT2D eigenvalue weighted by Crippen LogP contribution is -2.27. The van der Waals surface area contributed by atoms with Gasteiger partial charge in [-0.15, -0.1) is 0 Å². The molecule has 0 amide bonds. The van der Waals surface area contributed by atoms with Crippen molar-refractivity contribution in [2.75, 3.05) is 17.1 Å². The van der Waals surface area contributed by atoms with Crippen LogP contribution >= 0.6 is 11.6 Å². The van der Waals surface area contributed by atoms with Gasteiger partial charge in [0.15, 0.2) is 0 Å². The van der Waals surface area contributed by atoms with Crippen molar-refractivity contribution in [3.05, 3.63) is 53.3 Å². The van der Waals surface area contributed by atoms with Crippen LogP contribution in [-0.2, 0) is 10.0 Å². The Morgan fingerprint density at radius 1 is 1.15 bits per heavy atom. The molecule has 0 aliphatic carbocycles. The maximum atomic E-state index is 12.9. The molecule has 0 saturated heterocycles. The summed E-state index contributed by atoms with van der Waals surface area (Å²) in [4.78, 5) is -0.0863. The van der Waals surface area contributed by atoms with Crippen LogP contribution in [-0.4, -0.2) is 15.5 Å². The lowest BCUT2D eigenvalue weighted by molar-refractivity contribution is 0.594. The van der Waals surface area contributed by atoms with Crippen molar-refractivity contribution in [3.63, 3.8) is 0 Å². The third-order valence-corrected chi connectivity index (χ3v) is 4.88. The predicted molar refractivity (Wildman–Crippen MR) is 77.9 cm³/mol. The van der Waals surface area contributed by atoms with Gasteiger partial charge in [-0.2, -0.15) is 0 Å². The van der Waals surface area contributed by atoms with Crippen LogP contribution < -0.4 is 10.0 Å². The van der Waals surface area contributed by atoms with E-state index in [4.69, 9.17) is 17.3 Å². The highest BCUT2D eigenvalue weighted by atomic mass is 35.5. The molecule has 0 atom stereocenters. The Kier molecular flexibility index (Phi) is 3.87. The maximum Gasteiger partial charge on any atom is 0.266 e. The summed E-state index contributed by atoms with van der Waals surface area (Å²) >= 11 is 5.81. The zero-order chi connectivity index (χ0) is 14.9. The third kappa shape index (κ3) is 2.71.